The molecule has 12 nitrogen and oxygen atoms in total. The first-order chi connectivity index (χ1) is 22.5. The lowest BCUT2D eigenvalue weighted by Gasteiger charge is -2.30. The summed E-state index contributed by atoms with van der Waals surface area (Å²) in [5.74, 6) is 2.13. The second-order valence-corrected chi connectivity index (χ2v) is 12.2. The third kappa shape index (κ3) is 6.07. The van der Waals surface area contributed by atoms with Crippen LogP contribution in [0.2, 0.25) is 0 Å². The van der Waals surface area contributed by atoms with Crippen LogP contribution >= 0.6 is 11.8 Å². The summed E-state index contributed by atoms with van der Waals surface area (Å²) in [4.78, 5) is 47.0. The predicted molar refractivity (Wildman–Crippen MR) is 169 cm³/mol. The summed E-state index contributed by atoms with van der Waals surface area (Å²) in [7, 11) is 0. The highest BCUT2D eigenvalue weighted by atomic mass is 32.2. The highest BCUT2D eigenvalue weighted by Gasteiger charge is 2.28. The molecule has 0 aliphatic carbocycles. The number of amides is 2. The zero-order chi connectivity index (χ0) is 31.6. The number of rotatable bonds is 9. The van der Waals surface area contributed by atoms with Crippen LogP contribution in [0.3, 0.4) is 0 Å². The molecule has 238 valence electrons. The molecule has 13 heteroatoms. The Labute approximate surface area is 268 Å². The van der Waals surface area contributed by atoms with Crippen molar-refractivity contribution in [2.45, 2.75) is 36.8 Å². The van der Waals surface area contributed by atoms with Gasteiger partial charge in [-0.05, 0) is 47.9 Å². The van der Waals surface area contributed by atoms with Crippen molar-refractivity contribution < 1.29 is 33.3 Å². The van der Waals surface area contributed by atoms with Crippen LogP contribution in [0.1, 0.15) is 34.8 Å². The number of carbonyl (C=O) groups excluding carboxylic acids is 2. The molecular weight excluding hydrogens is 612 g/mol. The van der Waals surface area contributed by atoms with Gasteiger partial charge in [0.1, 0.15) is 0 Å². The van der Waals surface area contributed by atoms with Crippen molar-refractivity contribution in [2.24, 2.45) is 0 Å². The molecule has 1 unspecified atom stereocenters. The van der Waals surface area contributed by atoms with Gasteiger partial charge in [-0.2, -0.15) is 0 Å². The molecule has 3 aromatic carbocycles. The van der Waals surface area contributed by atoms with Gasteiger partial charge in [0, 0.05) is 31.3 Å². The third-order valence-corrected chi connectivity index (χ3v) is 9.42. The summed E-state index contributed by atoms with van der Waals surface area (Å²) >= 11 is 1.29. The lowest BCUT2D eigenvalue weighted by molar-refractivity contribution is -0.134. The normalized spacial score (nSPS) is 15.6. The van der Waals surface area contributed by atoms with Gasteiger partial charge in [0.05, 0.1) is 35.9 Å². The summed E-state index contributed by atoms with van der Waals surface area (Å²) in [5.41, 5.74) is 2.38. The van der Waals surface area contributed by atoms with Crippen LogP contribution in [0.25, 0.3) is 10.9 Å². The number of thioether (sulfide) groups is 1. The minimum atomic E-state index is -0.432. The minimum Gasteiger partial charge on any atom is -0.454 e. The second kappa shape index (κ2) is 12.9. The van der Waals surface area contributed by atoms with E-state index in [1.807, 2.05) is 42.2 Å². The molecule has 1 aromatic heterocycles. The topological polar surface area (TPSA) is 130 Å². The first kappa shape index (κ1) is 29.9. The van der Waals surface area contributed by atoms with E-state index in [1.165, 1.54) is 11.8 Å². The first-order valence-electron chi connectivity index (χ1n) is 15.1. The smallest absolute Gasteiger partial charge is 0.262 e. The number of hydrogen-bond donors (Lipinski definition) is 1. The molecule has 4 aromatic rings. The van der Waals surface area contributed by atoms with E-state index in [4.69, 9.17) is 28.7 Å². The maximum absolute atomic E-state index is 14.0. The van der Waals surface area contributed by atoms with Crippen molar-refractivity contribution in [1.29, 1.82) is 0 Å². The molecule has 3 aliphatic heterocycles. The molecule has 2 amide bonds. The minimum absolute atomic E-state index is 0.00139. The van der Waals surface area contributed by atoms with Crippen molar-refractivity contribution in [3.63, 3.8) is 0 Å². The van der Waals surface area contributed by atoms with E-state index in [9.17, 15) is 14.4 Å². The third-order valence-electron chi connectivity index (χ3n) is 8.08. The number of nitrogens with one attached hydrogen (secondary N) is 1. The van der Waals surface area contributed by atoms with Crippen molar-refractivity contribution in [3.8, 4) is 23.0 Å². The van der Waals surface area contributed by atoms with Crippen molar-refractivity contribution in [1.82, 2.24) is 19.8 Å². The Balaban J connectivity index is 1.13. The van der Waals surface area contributed by atoms with Crippen LogP contribution in [0.15, 0.2) is 64.5 Å². The maximum Gasteiger partial charge on any atom is 0.262 e. The molecule has 0 radical (unpaired) electrons. The number of hydrogen-bond acceptors (Lipinski definition) is 10. The highest BCUT2D eigenvalue weighted by Crippen LogP contribution is 2.36. The quantitative estimate of drug-likeness (QED) is 0.213. The lowest BCUT2D eigenvalue weighted by atomic mass is 10.1. The molecule has 1 fully saturated rings. The average molecular weight is 645 g/mol. The predicted octanol–water partition coefficient (Wildman–Crippen LogP) is 3.56. The summed E-state index contributed by atoms with van der Waals surface area (Å²) in [6.07, 6.45) is 0.561. The Morgan fingerprint density at radius 1 is 0.891 bits per heavy atom. The van der Waals surface area contributed by atoms with Gasteiger partial charge in [-0.15, -0.1) is 0 Å². The molecule has 4 heterocycles. The average Bonchev–Trinajstić information content (AvgIpc) is 3.76. The number of morpholine rings is 1. The number of ether oxygens (including phenoxy) is 5. The number of carbonyl (C=O) groups is 2. The van der Waals surface area contributed by atoms with Crippen LogP contribution < -0.4 is 29.8 Å². The van der Waals surface area contributed by atoms with Crippen LogP contribution in [-0.2, 0) is 22.6 Å². The standard InChI is InChI=1S/C33H32N4O8S/c1-2-29(32(40)36-9-11-41-12-10-36)46-33-35-24-15-28-27(44-19-45-28)14-23(24)31(39)37(33)17-20-3-6-22(7-4-20)30(38)34-16-21-5-8-25-26(13-21)43-18-42-25/h3-8,13-15,29H,2,9-12,16-19H2,1H3,(H,34,38). The van der Waals surface area contributed by atoms with E-state index in [0.29, 0.717) is 83.9 Å². The maximum atomic E-state index is 14.0. The van der Waals surface area contributed by atoms with Crippen LogP contribution in [0.5, 0.6) is 23.0 Å². The number of benzene rings is 3. The van der Waals surface area contributed by atoms with E-state index >= 15 is 0 Å². The lowest BCUT2D eigenvalue weighted by Crippen LogP contribution is -2.44. The van der Waals surface area contributed by atoms with Gasteiger partial charge in [0.15, 0.2) is 28.2 Å². The summed E-state index contributed by atoms with van der Waals surface area (Å²) in [6, 6.07) is 16.0. The fourth-order valence-electron chi connectivity index (χ4n) is 5.52. The Morgan fingerprint density at radius 3 is 2.30 bits per heavy atom. The van der Waals surface area contributed by atoms with Crippen molar-refractivity contribution in [2.75, 3.05) is 39.9 Å². The largest absolute Gasteiger partial charge is 0.454 e. The molecule has 0 spiro atoms. The Hall–Kier alpha value is -4.75. The molecule has 0 bridgehead atoms. The zero-order valence-corrected chi connectivity index (χ0v) is 26.0. The highest BCUT2D eigenvalue weighted by molar-refractivity contribution is 8.00. The van der Waals surface area contributed by atoms with Gasteiger partial charge in [0.25, 0.3) is 11.5 Å². The van der Waals surface area contributed by atoms with E-state index in [0.717, 1.165) is 11.1 Å². The van der Waals surface area contributed by atoms with Gasteiger partial charge in [-0.25, -0.2) is 4.98 Å². The van der Waals surface area contributed by atoms with Gasteiger partial charge in [-0.1, -0.05) is 36.9 Å². The second-order valence-electron chi connectivity index (χ2n) is 11.0. The van der Waals surface area contributed by atoms with E-state index < -0.39 is 5.25 Å². The van der Waals surface area contributed by atoms with Crippen molar-refractivity contribution in [3.05, 3.63) is 81.6 Å². The summed E-state index contributed by atoms with van der Waals surface area (Å²) in [5, 5.41) is 3.31. The molecule has 0 saturated carbocycles. The van der Waals surface area contributed by atoms with Crippen LogP contribution in [-0.4, -0.2) is 71.4 Å². The number of aromatic nitrogens is 2. The van der Waals surface area contributed by atoms with Gasteiger partial charge >= 0.3 is 0 Å². The SMILES string of the molecule is CCC(Sc1nc2cc3c(cc2c(=O)n1Cc1ccc(C(=O)NCc2ccc4c(c2)OCO4)cc1)OCO3)C(=O)N1CCOCC1. The molecular formula is C33H32N4O8S. The first-order valence-corrected chi connectivity index (χ1v) is 16.0. The Morgan fingerprint density at radius 2 is 1.57 bits per heavy atom. The fraction of sp³-hybridized carbons (Fsp3) is 0.333. The summed E-state index contributed by atoms with van der Waals surface area (Å²) < 4.78 is 28.8. The van der Waals surface area contributed by atoms with Gasteiger partial charge in [0.2, 0.25) is 19.5 Å². The molecule has 3 aliphatic rings. The monoisotopic (exact) mass is 644 g/mol. The number of fused-ring (bicyclic) bond motifs is 3. The molecule has 1 N–H and O–H groups in total. The van der Waals surface area contributed by atoms with E-state index in [2.05, 4.69) is 5.32 Å². The van der Waals surface area contributed by atoms with E-state index in [1.54, 1.807) is 28.8 Å². The van der Waals surface area contributed by atoms with Crippen LogP contribution in [0, 0.1) is 0 Å². The van der Waals surface area contributed by atoms with Gasteiger partial charge in [-0.3, -0.25) is 19.0 Å². The van der Waals surface area contributed by atoms with Crippen molar-refractivity contribution >= 4 is 34.5 Å². The zero-order valence-electron chi connectivity index (χ0n) is 25.2. The Bertz CT molecular complexity index is 1860. The summed E-state index contributed by atoms with van der Waals surface area (Å²) in [6.45, 7) is 4.82. The Kier molecular flexibility index (Phi) is 8.41. The van der Waals surface area contributed by atoms with E-state index in [-0.39, 0.29) is 37.5 Å². The number of nitrogens with zero attached hydrogens (tertiary/aromatic N) is 3. The van der Waals surface area contributed by atoms with Crippen LogP contribution in [0.4, 0.5) is 0 Å². The molecule has 7 rings (SSSR count). The molecule has 1 saturated heterocycles. The van der Waals surface area contributed by atoms with Gasteiger partial charge < -0.3 is 33.9 Å². The molecule has 1 atom stereocenters. The fourth-order valence-corrected chi connectivity index (χ4v) is 6.62. The molecule has 46 heavy (non-hydrogen) atoms.